The van der Waals surface area contributed by atoms with Crippen LogP contribution >= 0.6 is 0 Å². The van der Waals surface area contributed by atoms with Crippen LogP contribution in [0.3, 0.4) is 0 Å². The third-order valence-corrected chi connectivity index (χ3v) is 6.62. The lowest BCUT2D eigenvalue weighted by Crippen LogP contribution is -2.53. The molecule has 1 amide bonds. The molecule has 11 heteroatoms. The highest BCUT2D eigenvalue weighted by atomic mass is 19.4. The molecule has 0 bridgehead atoms. The first-order chi connectivity index (χ1) is 16.6. The molecule has 1 fully saturated rings. The zero-order valence-electron chi connectivity index (χ0n) is 18.7. The quantitative estimate of drug-likeness (QED) is 0.564. The Bertz CT molecular complexity index is 1350. The van der Waals surface area contributed by atoms with Gasteiger partial charge in [0.15, 0.2) is 0 Å². The van der Waals surface area contributed by atoms with E-state index in [9.17, 15) is 27.2 Å². The molecular weight excluding hydrogens is 468 g/mol. The molecule has 2 aromatic heterocycles. The largest absolute Gasteiger partial charge is 0.489 e. The molecule has 7 nitrogen and oxygen atoms in total. The molecule has 1 aliphatic heterocycles. The summed E-state index contributed by atoms with van der Waals surface area (Å²) in [4.78, 5) is 30.2. The summed E-state index contributed by atoms with van der Waals surface area (Å²) in [5.41, 5.74) is -0.276. The summed E-state index contributed by atoms with van der Waals surface area (Å²) in [6, 6.07) is 4.92. The van der Waals surface area contributed by atoms with E-state index in [4.69, 9.17) is 4.74 Å². The fraction of sp³-hybridized carbons (Fsp3) is 0.375. The summed E-state index contributed by atoms with van der Waals surface area (Å²) >= 11 is 0. The van der Waals surface area contributed by atoms with E-state index in [0.29, 0.717) is 31.0 Å². The van der Waals surface area contributed by atoms with Gasteiger partial charge in [-0.1, -0.05) is 0 Å². The van der Waals surface area contributed by atoms with E-state index < -0.39 is 41.4 Å². The number of benzene rings is 1. The molecule has 1 N–H and O–H groups in total. The Labute approximate surface area is 197 Å². The Kier molecular flexibility index (Phi) is 5.65. The molecule has 0 spiro atoms. The molecule has 3 heterocycles. The number of ether oxygens (including phenoxy) is 1. The second-order valence-corrected chi connectivity index (χ2v) is 8.91. The molecule has 2 aliphatic rings. The fourth-order valence-electron chi connectivity index (χ4n) is 4.97. The van der Waals surface area contributed by atoms with Crippen molar-refractivity contribution in [2.45, 2.75) is 51.1 Å². The van der Waals surface area contributed by atoms with Gasteiger partial charge >= 0.3 is 6.18 Å². The van der Waals surface area contributed by atoms with Crippen LogP contribution in [-0.4, -0.2) is 32.2 Å². The van der Waals surface area contributed by atoms with Crippen LogP contribution in [0.2, 0.25) is 0 Å². The molecule has 3 unspecified atom stereocenters. The van der Waals surface area contributed by atoms with Crippen LogP contribution < -0.4 is 15.6 Å². The number of hydrogen-bond acceptors (Lipinski definition) is 4. The van der Waals surface area contributed by atoms with Gasteiger partial charge in [0.25, 0.3) is 11.5 Å². The first-order valence-electron chi connectivity index (χ1n) is 11.2. The highest BCUT2D eigenvalue weighted by molar-refractivity contribution is 5.93. The Morgan fingerprint density at radius 1 is 1.14 bits per heavy atom. The van der Waals surface area contributed by atoms with Crippen molar-refractivity contribution < 1.29 is 27.1 Å². The number of rotatable bonds is 4. The molecule has 1 saturated carbocycles. The second kappa shape index (κ2) is 8.54. The van der Waals surface area contributed by atoms with E-state index in [2.05, 4.69) is 10.3 Å². The maximum absolute atomic E-state index is 13.5. The Morgan fingerprint density at radius 2 is 1.94 bits per heavy atom. The summed E-state index contributed by atoms with van der Waals surface area (Å²) < 4.78 is 62.6. The SMILES string of the molecule is Cc1cn(-c2ccc3n(c2=O)CC(C2CCCC2Oc2ccc(F)cc2C(F)(F)F)NC3=O)cn1. The molecule has 3 aromatic rings. The zero-order chi connectivity index (χ0) is 24.9. The van der Waals surface area contributed by atoms with Crippen molar-refractivity contribution in [2.75, 3.05) is 0 Å². The average Bonchev–Trinajstić information content (AvgIpc) is 3.44. The van der Waals surface area contributed by atoms with Gasteiger partial charge in [-0.2, -0.15) is 13.2 Å². The van der Waals surface area contributed by atoms with Crippen LogP contribution in [0.1, 0.15) is 41.0 Å². The summed E-state index contributed by atoms with van der Waals surface area (Å²) in [6.07, 6.45) is -0.444. The summed E-state index contributed by atoms with van der Waals surface area (Å²) in [5, 5.41) is 2.89. The minimum Gasteiger partial charge on any atom is -0.489 e. The first-order valence-corrected chi connectivity index (χ1v) is 11.2. The van der Waals surface area contributed by atoms with Crippen LogP contribution in [0, 0.1) is 18.7 Å². The predicted molar refractivity (Wildman–Crippen MR) is 117 cm³/mol. The number of fused-ring (bicyclic) bond motifs is 1. The number of aryl methyl sites for hydroxylation is 1. The van der Waals surface area contributed by atoms with Gasteiger partial charge in [-0.15, -0.1) is 0 Å². The van der Waals surface area contributed by atoms with Gasteiger partial charge in [0.1, 0.15) is 34.6 Å². The van der Waals surface area contributed by atoms with Crippen molar-refractivity contribution in [1.29, 1.82) is 0 Å². The third kappa shape index (κ3) is 4.30. The second-order valence-electron chi connectivity index (χ2n) is 8.91. The fourth-order valence-corrected chi connectivity index (χ4v) is 4.97. The maximum atomic E-state index is 13.5. The van der Waals surface area contributed by atoms with Crippen molar-refractivity contribution in [3.05, 3.63) is 76.0 Å². The first kappa shape index (κ1) is 23.1. The molecule has 1 aromatic carbocycles. The summed E-state index contributed by atoms with van der Waals surface area (Å²) in [5.74, 6) is -2.22. The average molecular weight is 490 g/mol. The van der Waals surface area contributed by atoms with Crippen LogP contribution in [0.25, 0.3) is 5.69 Å². The monoisotopic (exact) mass is 490 g/mol. The van der Waals surface area contributed by atoms with Crippen LogP contribution in [-0.2, 0) is 12.7 Å². The topological polar surface area (TPSA) is 78.1 Å². The maximum Gasteiger partial charge on any atom is 0.420 e. The zero-order valence-corrected chi connectivity index (χ0v) is 18.7. The number of pyridine rings is 1. The van der Waals surface area contributed by atoms with Crippen molar-refractivity contribution in [1.82, 2.24) is 19.4 Å². The van der Waals surface area contributed by atoms with Gasteiger partial charge in [-0.05, 0) is 56.5 Å². The van der Waals surface area contributed by atoms with Gasteiger partial charge in [-0.3, -0.25) is 9.59 Å². The van der Waals surface area contributed by atoms with Crippen LogP contribution in [0.15, 0.2) is 47.7 Å². The van der Waals surface area contributed by atoms with Crippen molar-refractivity contribution in [3.63, 3.8) is 0 Å². The van der Waals surface area contributed by atoms with Crippen molar-refractivity contribution in [3.8, 4) is 11.4 Å². The molecule has 0 radical (unpaired) electrons. The summed E-state index contributed by atoms with van der Waals surface area (Å²) in [6.45, 7) is 1.95. The number of aromatic nitrogens is 3. The normalized spacial score (nSPS) is 22.1. The predicted octanol–water partition coefficient (Wildman–Crippen LogP) is 3.86. The smallest absolute Gasteiger partial charge is 0.420 e. The van der Waals surface area contributed by atoms with E-state index in [1.165, 1.54) is 10.9 Å². The lowest BCUT2D eigenvalue weighted by Gasteiger charge is -2.34. The van der Waals surface area contributed by atoms with Gasteiger partial charge in [-0.25, -0.2) is 9.37 Å². The van der Waals surface area contributed by atoms with Gasteiger partial charge < -0.3 is 19.2 Å². The molecule has 5 rings (SSSR count). The number of carbonyl (C=O) groups is 1. The van der Waals surface area contributed by atoms with Gasteiger partial charge in [0.2, 0.25) is 0 Å². The van der Waals surface area contributed by atoms with E-state index in [-0.39, 0.29) is 23.7 Å². The Balaban J connectivity index is 1.43. The molecule has 3 atom stereocenters. The minimum atomic E-state index is -4.78. The summed E-state index contributed by atoms with van der Waals surface area (Å²) in [7, 11) is 0. The lowest BCUT2D eigenvalue weighted by atomic mass is 9.93. The number of carbonyl (C=O) groups excluding carboxylic acids is 1. The molecule has 0 saturated heterocycles. The van der Waals surface area contributed by atoms with E-state index in [1.54, 1.807) is 29.8 Å². The number of alkyl halides is 3. The number of amides is 1. The number of halogens is 4. The Hall–Kier alpha value is -3.63. The molecule has 35 heavy (non-hydrogen) atoms. The van der Waals surface area contributed by atoms with Gasteiger partial charge in [0, 0.05) is 18.7 Å². The van der Waals surface area contributed by atoms with E-state index in [1.807, 2.05) is 0 Å². The standard InChI is InChI=1S/C24H22F4N4O3/c1-13-10-31(12-29-13)19-7-6-18-22(33)30-17(11-32(18)23(19)34)15-3-2-4-20(15)35-21-8-5-14(25)9-16(21)24(26,27)28/h5-10,12,15,17,20H,2-4,11H2,1H3,(H,30,33). The van der Waals surface area contributed by atoms with E-state index in [0.717, 1.165) is 17.8 Å². The van der Waals surface area contributed by atoms with Crippen LogP contribution in [0.4, 0.5) is 17.6 Å². The molecular formula is C24H22F4N4O3. The third-order valence-electron chi connectivity index (χ3n) is 6.62. The lowest BCUT2D eigenvalue weighted by molar-refractivity contribution is -0.139. The van der Waals surface area contributed by atoms with Crippen molar-refractivity contribution in [2.24, 2.45) is 5.92 Å². The van der Waals surface area contributed by atoms with Gasteiger partial charge in [0.05, 0.1) is 18.1 Å². The number of nitrogens with one attached hydrogen (secondary N) is 1. The number of hydrogen-bond donors (Lipinski definition) is 1. The van der Waals surface area contributed by atoms with Crippen LogP contribution in [0.5, 0.6) is 5.75 Å². The highest BCUT2D eigenvalue weighted by Crippen LogP contribution is 2.40. The molecule has 184 valence electrons. The Morgan fingerprint density at radius 3 is 2.66 bits per heavy atom. The highest BCUT2D eigenvalue weighted by Gasteiger charge is 2.41. The minimum absolute atomic E-state index is 0.154. The number of nitrogens with zero attached hydrogens (tertiary/aromatic N) is 3. The van der Waals surface area contributed by atoms with E-state index >= 15 is 0 Å². The number of imidazole rings is 1. The molecule has 1 aliphatic carbocycles. The van der Waals surface area contributed by atoms with Crippen molar-refractivity contribution >= 4 is 5.91 Å².